The predicted molar refractivity (Wildman–Crippen MR) is 99.5 cm³/mol. The van der Waals surface area contributed by atoms with Crippen molar-refractivity contribution in [2.75, 3.05) is 13.2 Å². The van der Waals surface area contributed by atoms with E-state index in [2.05, 4.69) is 0 Å². The molecule has 1 rings (SSSR count). The first-order valence-electron chi connectivity index (χ1n) is 7.92. The van der Waals surface area contributed by atoms with E-state index in [-0.39, 0.29) is 36.0 Å². The van der Waals surface area contributed by atoms with E-state index in [9.17, 15) is 4.79 Å². The fourth-order valence-corrected chi connectivity index (χ4v) is 1.84. The summed E-state index contributed by atoms with van der Waals surface area (Å²) >= 11 is 0. The Morgan fingerprint density at radius 2 is 1.32 bits per heavy atom. The van der Waals surface area contributed by atoms with Crippen molar-refractivity contribution in [1.82, 2.24) is 0 Å². The molecule has 28 heavy (non-hydrogen) atoms. The molecule has 0 saturated carbocycles. The molecule has 5 atom stereocenters. The van der Waals surface area contributed by atoms with E-state index in [0.717, 1.165) is 5.56 Å². The molecule has 0 aliphatic heterocycles. The number of aliphatic carboxylic acids is 1. The van der Waals surface area contributed by atoms with Gasteiger partial charge in [-0.05, 0) is 17.4 Å². The van der Waals surface area contributed by atoms with Gasteiger partial charge in [0, 0.05) is 29.6 Å². The van der Waals surface area contributed by atoms with Gasteiger partial charge in [0.05, 0.1) is 13.2 Å². The zero-order chi connectivity index (χ0) is 21.1. The van der Waals surface area contributed by atoms with Crippen LogP contribution >= 0.6 is 0 Å². The van der Waals surface area contributed by atoms with Crippen LogP contribution in [0.1, 0.15) is 5.56 Å². The maximum absolute atomic E-state index is 10.5. The van der Waals surface area contributed by atoms with E-state index in [0.29, 0.717) is 5.46 Å². The number of nitrogens with two attached hydrogens (primary N) is 1. The average molecular weight is 414 g/mol. The molecular formula is C15H26BNNaO10. The summed E-state index contributed by atoms with van der Waals surface area (Å²) in [6.07, 6.45) is -6.17. The molecule has 0 aliphatic carbocycles. The zero-order valence-electron chi connectivity index (χ0n) is 15.4. The van der Waals surface area contributed by atoms with Gasteiger partial charge in [0.2, 0.25) is 0 Å². The monoisotopic (exact) mass is 414 g/mol. The fourth-order valence-electron chi connectivity index (χ4n) is 1.84. The van der Waals surface area contributed by atoms with Crippen LogP contribution in [0, 0.1) is 0 Å². The van der Waals surface area contributed by atoms with Crippen LogP contribution in [0.2, 0.25) is 0 Å². The van der Waals surface area contributed by atoms with Crippen molar-refractivity contribution in [3.05, 3.63) is 29.8 Å². The molecule has 1 radical (unpaired) electrons. The standard InChI is InChI=1S/C9H12BNO4.C6H14O6.Na/c11-8(9(12)13)5-6-1-3-7(4-2-6)10(14)15;7-1-3(9)5(11)6(12)4(10)2-8;/h1-4,8,14-15H,5,11H2,(H,12,13);3-12H,1-2H2;/t8-;3-,4+,5-,6-;/m01./s1. The van der Waals surface area contributed by atoms with E-state index in [1.807, 2.05) is 0 Å². The smallest absolute Gasteiger partial charge is 0.480 e. The molecule has 0 heterocycles. The maximum Gasteiger partial charge on any atom is 0.488 e. The summed E-state index contributed by atoms with van der Waals surface area (Å²) in [5.74, 6) is -1.05. The third kappa shape index (κ3) is 10.8. The minimum absolute atomic E-state index is 0. The summed E-state index contributed by atoms with van der Waals surface area (Å²) < 4.78 is 0. The van der Waals surface area contributed by atoms with E-state index in [1.165, 1.54) is 12.1 Å². The number of rotatable bonds is 9. The summed E-state index contributed by atoms with van der Waals surface area (Å²) in [5, 5.41) is 78.4. The van der Waals surface area contributed by atoms with E-state index in [1.54, 1.807) is 12.1 Å². The number of hydrogen-bond donors (Lipinski definition) is 10. The topological polar surface area (TPSA) is 225 Å². The Morgan fingerprint density at radius 1 is 0.929 bits per heavy atom. The van der Waals surface area contributed by atoms with Crippen molar-refractivity contribution in [3.8, 4) is 0 Å². The predicted octanol–water partition coefficient (Wildman–Crippen LogP) is -5.65. The van der Waals surface area contributed by atoms with Crippen LogP contribution in [0.15, 0.2) is 24.3 Å². The summed E-state index contributed by atoms with van der Waals surface area (Å²) in [6, 6.07) is 5.35. The summed E-state index contributed by atoms with van der Waals surface area (Å²) in [7, 11) is -1.51. The number of aliphatic hydroxyl groups excluding tert-OH is 6. The second-order valence-corrected chi connectivity index (χ2v) is 5.75. The summed E-state index contributed by atoms with van der Waals surface area (Å²) in [6.45, 7) is -1.45. The number of aliphatic hydroxyl groups is 6. The van der Waals surface area contributed by atoms with E-state index >= 15 is 0 Å². The molecule has 0 fully saturated rings. The number of carboxylic acids is 1. The molecule has 0 saturated heterocycles. The number of carboxylic acid groups (broad SMARTS) is 1. The molecular weight excluding hydrogens is 388 g/mol. The molecule has 0 aromatic heterocycles. The Bertz CT molecular complexity index is 536. The average Bonchev–Trinajstić information content (AvgIpc) is 2.66. The largest absolute Gasteiger partial charge is 0.488 e. The molecule has 1 aromatic rings. The quantitative estimate of drug-likeness (QED) is 0.171. The van der Waals surface area contributed by atoms with Gasteiger partial charge in [-0.2, -0.15) is 0 Å². The van der Waals surface area contributed by atoms with Gasteiger partial charge in [-0.25, -0.2) is 0 Å². The molecule has 0 aliphatic rings. The zero-order valence-corrected chi connectivity index (χ0v) is 17.4. The first-order valence-corrected chi connectivity index (χ1v) is 7.92. The second kappa shape index (κ2) is 15.3. The Morgan fingerprint density at radius 3 is 1.61 bits per heavy atom. The van der Waals surface area contributed by atoms with Gasteiger partial charge in [-0.15, -0.1) is 0 Å². The Balaban J connectivity index is 0. The van der Waals surface area contributed by atoms with Crippen molar-refractivity contribution in [2.45, 2.75) is 36.9 Å². The minimum Gasteiger partial charge on any atom is -0.480 e. The van der Waals surface area contributed by atoms with Gasteiger partial charge >= 0.3 is 13.1 Å². The normalized spacial score (nSPS) is 15.8. The Labute approximate surface area is 184 Å². The molecule has 0 spiro atoms. The van der Waals surface area contributed by atoms with Crippen LogP contribution in [0.5, 0.6) is 0 Å². The van der Waals surface area contributed by atoms with Crippen molar-refractivity contribution < 1.29 is 50.6 Å². The van der Waals surface area contributed by atoms with E-state index in [4.69, 9.17) is 51.5 Å². The van der Waals surface area contributed by atoms with Crippen LogP contribution < -0.4 is 11.2 Å². The molecule has 0 unspecified atom stereocenters. The summed E-state index contributed by atoms with van der Waals surface area (Å²) in [5.41, 5.74) is 6.46. The number of benzene rings is 1. The van der Waals surface area contributed by atoms with Gasteiger partial charge < -0.3 is 51.5 Å². The first-order chi connectivity index (χ1) is 12.5. The van der Waals surface area contributed by atoms with Crippen LogP contribution in [0.4, 0.5) is 0 Å². The van der Waals surface area contributed by atoms with Crippen molar-refractivity contribution in [3.63, 3.8) is 0 Å². The molecule has 0 bridgehead atoms. The van der Waals surface area contributed by atoms with Crippen molar-refractivity contribution in [2.24, 2.45) is 5.73 Å². The number of hydrogen-bond acceptors (Lipinski definition) is 10. The van der Waals surface area contributed by atoms with Gasteiger partial charge in [0.15, 0.2) is 0 Å². The van der Waals surface area contributed by atoms with E-state index < -0.39 is 56.8 Å². The Hall–Kier alpha value is -0.605. The fraction of sp³-hybridized carbons (Fsp3) is 0.533. The van der Waals surface area contributed by atoms with Gasteiger partial charge in [-0.1, -0.05) is 24.3 Å². The first kappa shape index (κ1) is 29.6. The van der Waals surface area contributed by atoms with Gasteiger partial charge in [-0.3, -0.25) is 4.79 Å². The maximum atomic E-state index is 10.5. The second-order valence-electron chi connectivity index (χ2n) is 5.75. The molecule has 155 valence electrons. The molecule has 13 heteroatoms. The van der Waals surface area contributed by atoms with Crippen molar-refractivity contribution in [1.29, 1.82) is 0 Å². The van der Waals surface area contributed by atoms with Crippen molar-refractivity contribution >= 4 is 48.1 Å². The van der Waals surface area contributed by atoms with Gasteiger partial charge in [0.25, 0.3) is 0 Å². The van der Waals surface area contributed by atoms with Crippen LogP contribution in [0.3, 0.4) is 0 Å². The van der Waals surface area contributed by atoms with Gasteiger partial charge in [0.1, 0.15) is 30.5 Å². The van der Waals surface area contributed by atoms with Crippen LogP contribution in [-0.2, 0) is 11.2 Å². The minimum atomic E-state index is -1.67. The van der Waals surface area contributed by atoms with Crippen LogP contribution in [0.25, 0.3) is 0 Å². The number of carbonyl (C=O) groups is 1. The Kier molecular flexibility index (Phi) is 16.1. The van der Waals surface area contributed by atoms with Crippen LogP contribution in [-0.4, -0.2) is 132 Å². The third-order valence-corrected chi connectivity index (χ3v) is 3.56. The molecule has 11 N–H and O–H groups in total. The molecule has 0 amide bonds. The third-order valence-electron chi connectivity index (χ3n) is 3.56. The summed E-state index contributed by atoms with van der Waals surface area (Å²) in [4.78, 5) is 10.5. The molecule has 1 aromatic carbocycles. The SMILES string of the molecule is N[C@@H](Cc1ccc(B(O)O)cc1)C(=O)O.OC[C@@H](O)[C@@H](O)[C@H](O)[C@@H](O)CO.[Na]. The molecule has 11 nitrogen and oxygen atoms in total.